The number of aromatic nitrogens is 2. The summed E-state index contributed by atoms with van der Waals surface area (Å²) in [5, 5.41) is 6.86. The lowest BCUT2D eigenvalue weighted by atomic mass is 9.91. The second-order valence-electron chi connectivity index (χ2n) is 4.76. The molecule has 1 heterocycles. The van der Waals surface area contributed by atoms with Gasteiger partial charge in [0, 0.05) is 18.4 Å². The Bertz CT molecular complexity index is 426. The first-order chi connectivity index (χ1) is 7.96. The highest BCUT2D eigenvalue weighted by atomic mass is 32.1. The van der Waals surface area contributed by atoms with Crippen molar-refractivity contribution >= 4 is 17.4 Å². The molecule has 1 aromatic heterocycles. The summed E-state index contributed by atoms with van der Waals surface area (Å²) >= 11 is 1.13. The van der Waals surface area contributed by atoms with Crippen molar-refractivity contribution in [1.82, 2.24) is 14.9 Å². The number of hydrogen-bond donors (Lipinski definition) is 1. The zero-order valence-electron chi connectivity index (χ0n) is 10.4. The van der Waals surface area contributed by atoms with Gasteiger partial charge >= 0.3 is 0 Å². The van der Waals surface area contributed by atoms with E-state index in [0.29, 0.717) is 17.8 Å². The van der Waals surface area contributed by atoms with E-state index in [1.54, 1.807) is 0 Å². The Labute approximate surface area is 106 Å². The molecular weight excluding hydrogens is 234 g/mol. The molecule has 0 aliphatic rings. The van der Waals surface area contributed by atoms with Crippen molar-refractivity contribution in [3.05, 3.63) is 10.6 Å². The topological polar surface area (TPSA) is 54.9 Å². The zero-order valence-corrected chi connectivity index (χ0v) is 11.2. The van der Waals surface area contributed by atoms with Crippen molar-refractivity contribution in [2.24, 2.45) is 0 Å². The lowest BCUT2D eigenvalue weighted by Crippen LogP contribution is -2.26. The van der Waals surface area contributed by atoms with E-state index < -0.39 is 0 Å². The second kappa shape index (κ2) is 5.78. The number of terminal acetylenes is 1. The third-order valence-corrected chi connectivity index (χ3v) is 2.91. The molecule has 1 aromatic rings. The van der Waals surface area contributed by atoms with Crippen LogP contribution in [-0.2, 0) is 5.41 Å². The molecule has 0 aromatic carbocycles. The van der Waals surface area contributed by atoms with E-state index in [2.05, 4.69) is 20.8 Å². The van der Waals surface area contributed by atoms with Crippen LogP contribution in [0.5, 0.6) is 0 Å². The standard InChI is InChI=1S/C12H17N3OS/c1-5-6-7-8-13-11(16)9-10(12(2,3)4)14-15-17-9/h1H,6-8H2,2-4H3,(H,13,16). The minimum Gasteiger partial charge on any atom is -0.351 e. The lowest BCUT2D eigenvalue weighted by molar-refractivity contribution is 0.0955. The van der Waals surface area contributed by atoms with Crippen LogP contribution in [0.1, 0.15) is 49.0 Å². The molecule has 1 amide bonds. The molecular formula is C12H17N3OS. The molecule has 0 atom stereocenters. The van der Waals surface area contributed by atoms with Crippen molar-refractivity contribution in [3.8, 4) is 12.3 Å². The lowest BCUT2D eigenvalue weighted by Gasteiger charge is -2.16. The third-order valence-electron chi connectivity index (χ3n) is 2.19. The summed E-state index contributed by atoms with van der Waals surface area (Å²) in [6.45, 7) is 6.63. The third kappa shape index (κ3) is 3.82. The fourth-order valence-corrected chi connectivity index (χ4v) is 2.10. The molecule has 0 spiro atoms. The van der Waals surface area contributed by atoms with Crippen molar-refractivity contribution < 1.29 is 4.79 Å². The van der Waals surface area contributed by atoms with Crippen LogP contribution in [0.4, 0.5) is 0 Å². The minimum absolute atomic E-state index is 0.109. The van der Waals surface area contributed by atoms with Crippen LogP contribution in [0, 0.1) is 12.3 Å². The largest absolute Gasteiger partial charge is 0.351 e. The van der Waals surface area contributed by atoms with E-state index in [0.717, 1.165) is 23.6 Å². The van der Waals surface area contributed by atoms with Gasteiger partial charge in [-0.2, -0.15) is 0 Å². The Kier molecular flexibility index (Phi) is 4.64. The molecule has 92 valence electrons. The molecule has 17 heavy (non-hydrogen) atoms. The van der Waals surface area contributed by atoms with Gasteiger partial charge in [0.25, 0.3) is 5.91 Å². The van der Waals surface area contributed by atoms with E-state index in [1.165, 1.54) is 0 Å². The highest BCUT2D eigenvalue weighted by molar-refractivity contribution is 7.08. The summed E-state index contributed by atoms with van der Waals surface area (Å²) in [7, 11) is 0. The predicted molar refractivity (Wildman–Crippen MR) is 69.0 cm³/mol. The van der Waals surface area contributed by atoms with Gasteiger partial charge in [-0.1, -0.05) is 25.3 Å². The number of hydrogen-bond acceptors (Lipinski definition) is 4. The van der Waals surface area contributed by atoms with Gasteiger partial charge < -0.3 is 5.32 Å². The van der Waals surface area contributed by atoms with Crippen molar-refractivity contribution in [3.63, 3.8) is 0 Å². The van der Waals surface area contributed by atoms with Crippen molar-refractivity contribution in [2.45, 2.75) is 39.0 Å². The van der Waals surface area contributed by atoms with E-state index in [-0.39, 0.29) is 11.3 Å². The van der Waals surface area contributed by atoms with Crippen LogP contribution in [0.3, 0.4) is 0 Å². The fourth-order valence-electron chi connectivity index (χ4n) is 1.30. The zero-order chi connectivity index (χ0) is 12.9. The van der Waals surface area contributed by atoms with Gasteiger partial charge in [0.15, 0.2) is 0 Å². The number of carbonyl (C=O) groups is 1. The van der Waals surface area contributed by atoms with Crippen molar-refractivity contribution in [1.29, 1.82) is 0 Å². The highest BCUT2D eigenvalue weighted by Gasteiger charge is 2.25. The molecule has 0 fully saturated rings. The SMILES string of the molecule is C#CCCCNC(=O)c1snnc1C(C)(C)C. The van der Waals surface area contributed by atoms with Crippen LogP contribution in [0.2, 0.25) is 0 Å². The molecule has 1 N–H and O–H groups in total. The Balaban J connectivity index is 2.64. The molecule has 4 nitrogen and oxygen atoms in total. The molecule has 1 rings (SSSR count). The Morgan fingerprint density at radius 2 is 2.24 bits per heavy atom. The molecule has 0 bridgehead atoms. The van der Waals surface area contributed by atoms with Crippen LogP contribution in [0.15, 0.2) is 0 Å². The van der Waals surface area contributed by atoms with Crippen LogP contribution >= 0.6 is 11.5 Å². The Morgan fingerprint density at radius 3 is 2.82 bits per heavy atom. The van der Waals surface area contributed by atoms with Crippen LogP contribution < -0.4 is 5.32 Å². The quantitative estimate of drug-likeness (QED) is 0.657. The number of unbranched alkanes of at least 4 members (excludes halogenated alkanes) is 1. The summed E-state index contributed by atoms with van der Waals surface area (Å²) in [6.07, 6.45) is 6.61. The van der Waals surface area contributed by atoms with Gasteiger partial charge in [0.05, 0.1) is 5.69 Å². The van der Waals surface area contributed by atoms with Crippen LogP contribution in [-0.4, -0.2) is 22.0 Å². The van der Waals surface area contributed by atoms with E-state index >= 15 is 0 Å². The normalized spacial score (nSPS) is 10.9. The fraction of sp³-hybridized carbons (Fsp3) is 0.583. The number of carbonyl (C=O) groups excluding carboxylic acids is 1. The van der Waals surface area contributed by atoms with E-state index in [1.807, 2.05) is 20.8 Å². The smallest absolute Gasteiger partial charge is 0.264 e. The number of nitrogens with one attached hydrogen (secondary N) is 1. The minimum atomic E-state index is -0.168. The molecule has 0 aliphatic carbocycles. The Hall–Kier alpha value is -1.41. The summed E-state index contributed by atoms with van der Waals surface area (Å²) in [6, 6.07) is 0. The first-order valence-corrected chi connectivity index (χ1v) is 6.28. The first kappa shape index (κ1) is 13.7. The number of amides is 1. The van der Waals surface area contributed by atoms with E-state index in [9.17, 15) is 4.79 Å². The maximum atomic E-state index is 11.9. The van der Waals surface area contributed by atoms with Gasteiger partial charge in [-0.15, -0.1) is 17.4 Å². The molecule has 0 radical (unpaired) electrons. The monoisotopic (exact) mass is 251 g/mol. The summed E-state index contributed by atoms with van der Waals surface area (Å²) < 4.78 is 3.85. The molecule has 0 saturated heterocycles. The number of rotatable bonds is 4. The maximum Gasteiger partial charge on any atom is 0.264 e. The average molecular weight is 251 g/mol. The van der Waals surface area contributed by atoms with E-state index in [4.69, 9.17) is 6.42 Å². The van der Waals surface area contributed by atoms with Crippen molar-refractivity contribution in [2.75, 3.05) is 6.54 Å². The molecule has 0 aliphatic heterocycles. The molecule has 0 saturated carbocycles. The summed E-state index contributed by atoms with van der Waals surface area (Å²) in [4.78, 5) is 12.5. The highest BCUT2D eigenvalue weighted by Crippen LogP contribution is 2.25. The Morgan fingerprint density at radius 1 is 1.53 bits per heavy atom. The van der Waals surface area contributed by atoms with Gasteiger partial charge in [-0.25, -0.2) is 0 Å². The molecule has 5 heteroatoms. The molecule has 0 unspecified atom stereocenters. The van der Waals surface area contributed by atoms with Crippen LogP contribution in [0.25, 0.3) is 0 Å². The van der Waals surface area contributed by atoms with Gasteiger partial charge in [0.1, 0.15) is 4.88 Å². The number of nitrogens with zero attached hydrogens (tertiary/aromatic N) is 2. The summed E-state index contributed by atoms with van der Waals surface area (Å²) in [5.74, 6) is 2.43. The summed E-state index contributed by atoms with van der Waals surface area (Å²) in [5.41, 5.74) is 0.579. The predicted octanol–water partition coefficient (Wildman–Crippen LogP) is 1.98. The second-order valence-corrected chi connectivity index (χ2v) is 5.52. The van der Waals surface area contributed by atoms with Gasteiger partial charge in [-0.3, -0.25) is 4.79 Å². The van der Waals surface area contributed by atoms with Gasteiger partial charge in [-0.05, 0) is 18.0 Å². The first-order valence-electron chi connectivity index (χ1n) is 5.51. The maximum absolute atomic E-state index is 11.9. The average Bonchev–Trinajstić information content (AvgIpc) is 2.72. The van der Waals surface area contributed by atoms with Gasteiger partial charge in [0.2, 0.25) is 0 Å².